The number of benzene rings is 3. The molecule has 0 fully saturated rings. The van der Waals surface area contributed by atoms with Crippen LogP contribution in [-0.2, 0) is 21.2 Å². The lowest BCUT2D eigenvalue weighted by atomic mass is 10.1. The monoisotopic (exact) mass is 526 g/mol. The lowest BCUT2D eigenvalue weighted by molar-refractivity contribution is -0.121. The minimum Gasteiger partial charge on any atom is -0.492 e. The van der Waals surface area contributed by atoms with Crippen molar-refractivity contribution in [2.75, 3.05) is 30.3 Å². The molecule has 0 radical (unpaired) electrons. The molecule has 0 aliphatic heterocycles. The van der Waals surface area contributed by atoms with Gasteiger partial charge in [-0.25, -0.2) is 8.42 Å². The number of nitrogens with one attached hydrogen (secondary N) is 1. The van der Waals surface area contributed by atoms with E-state index in [1.807, 2.05) is 60.7 Å². The Balaban J connectivity index is 1.49. The highest BCUT2D eigenvalue weighted by molar-refractivity contribution is 7.99. The first-order valence-electron chi connectivity index (χ1n) is 12.1. The Kier molecular flexibility index (Phi) is 10.7. The highest BCUT2D eigenvalue weighted by Gasteiger charge is 2.20. The van der Waals surface area contributed by atoms with Gasteiger partial charge in [0.25, 0.3) is 0 Å². The van der Waals surface area contributed by atoms with E-state index < -0.39 is 10.0 Å². The van der Waals surface area contributed by atoms with Gasteiger partial charge in [0.2, 0.25) is 15.9 Å². The first-order chi connectivity index (χ1) is 17.4. The molecule has 0 aromatic heterocycles. The number of amides is 1. The number of carbonyl (C=O) groups excluding carboxylic acids is 1. The predicted octanol–water partition coefficient (Wildman–Crippen LogP) is 5.53. The topological polar surface area (TPSA) is 75.7 Å². The van der Waals surface area contributed by atoms with Gasteiger partial charge in [-0.05, 0) is 54.8 Å². The Hall–Kier alpha value is -2.97. The van der Waals surface area contributed by atoms with Gasteiger partial charge < -0.3 is 10.1 Å². The predicted molar refractivity (Wildman–Crippen MR) is 147 cm³/mol. The van der Waals surface area contributed by atoms with Crippen LogP contribution in [0.15, 0.2) is 88.7 Å². The number of hydrogen-bond acceptors (Lipinski definition) is 5. The zero-order valence-electron chi connectivity index (χ0n) is 20.9. The lowest BCUT2D eigenvalue weighted by Gasteiger charge is -2.24. The van der Waals surface area contributed by atoms with Crippen molar-refractivity contribution in [1.82, 2.24) is 5.32 Å². The molecule has 192 valence electrons. The van der Waals surface area contributed by atoms with E-state index in [1.165, 1.54) is 27.9 Å². The molecule has 3 aromatic carbocycles. The maximum Gasteiger partial charge on any atom is 0.232 e. The number of nitrogens with zero attached hydrogens (tertiary/aromatic N) is 1. The Morgan fingerprint density at radius 2 is 1.67 bits per heavy atom. The normalized spacial score (nSPS) is 11.2. The largest absolute Gasteiger partial charge is 0.492 e. The van der Waals surface area contributed by atoms with E-state index in [4.69, 9.17) is 4.74 Å². The van der Waals surface area contributed by atoms with E-state index in [0.717, 1.165) is 28.4 Å². The Morgan fingerprint density at radius 1 is 0.972 bits per heavy atom. The summed E-state index contributed by atoms with van der Waals surface area (Å²) in [5.74, 6) is 0.650. The van der Waals surface area contributed by atoms with Gasteiger partial charge >= 0.3 is 0 Å². The summed E-state index contributed by atoms with van der Waals surface area (Å²) in [5.41, 5.74) is 1.90. The fraction of sp³-hybridized carbons (Fsp3) is 0.321. The molecule has 0 aliphatic rings. The van der Waals surface area contributed by atoms with Crippen LogP contribution in [0.4, 0.5) is 5.69 Å². The van der Waals surface area contributed by atoms with E-state index in [-0.39, 0.29) is 18.9 Å². The highest BCUT2D eigenvalue weighted by Crippen LogP contribution is 2.36. The molecule has 0 saturated carbocycles. The number of rotatable bonds is 14. The van der Waals surface area contributed by atoms with Crippen LogP contribution in [0.1, 0.15) is 31.7 Å². The van der Waals surface area contributed by atoms with Gasteiger partial charge in [-0.1, -0.05) is 67.6 Å². The number of aryl methyl sites for hydroxylation is 1. The molecule has 0 heterocycles. The fourth-order valence-corrected chi connectivity index (χ4v) is 5.71. The van der Waals surface area contributed by atoms with Gasteiger partial charge in [0.1, 0.15) is 12.4 Å². The van der Waals surface area contributed by atoms with Gasteiger partial charge in [0.15, 0.2) is 0 Å². The average Bonchev–Trinajstić information content (AvgIpc) is 2.86. The number of anilines is 1. The molecular weight excluding hydrogens is 492 g/mol. The molecule has 8 heteroatoms. The number of carbonyl (C=O) groups is 1. The molecule has 6 nitrogen and oxygen atoms in total. The fourth-order valence-electron chi connectivity index (χ4n) is 3.70. The van der Waals surface area contributed by atoms with Crippen LogP contribution in [0.2, 0.25) is 0 Å². The molecule has 0 bridgehead atoms. The van der Waals surface area contributed by atoms with Gasteiger partial charge in [-0.2, -0.15) is 0 Å². The Labute approximate surface area is 219 Å². The molecule has 0 atom stereocenters. The summed E-state index contributed by atoms with van der Waals surface area (Å²) in [5, 5.41) is 2.84. The molecule has 0 spiro atoms. The zero-order valence-corrected chi connectivity index (χ0v) is 22.5. The molecule has 0 aliphatic carbocycles. The minimum absolute atomic E-state index is 0.128. The molecule has 36 heavy (non-hydrogen) atoms. The molecule has 0 unspecified atom stereocenters. The van der Waals surface area contributed by atoms with Crippen molar-refractivity contribution < 1.29 is 17.9 Å². The van der Waals surface area contributed by atoms with E-state index >= 15 is 0 Å². The highest BCUT2D eigenvalue weighted by atomic mass is 32.2. The third-order valence-corrected chi connectivity index (χ3v) is 7.68. The molecule has 3 aromatic rings. The third-order valence-electron chi connectivity index (χ3n) is 5.43. The second-order valence-corrected chi connectivity index (χ2v) is 11.4. The van der Waals surface area contributed by atoms with Crippen LogP contribution >= 0.6 is 11.8 Å². The van der Waals surface area contributed by atoms with Crippen LogP contribution in [0, 0.1) is 0 Å². The van der Waals surface area contributed by atoms with Crippen LogP contribution < -0.4 is 14.4 Å². The van der Waals surface area contributed by atoms with Crippen molar-refractivity contribution in [2.24, 2.45) is 0 Å². The van der Waals surface area contributed by atoms with Crippen LogP contribution in [0.5, 0.6) is 5.75 Å². The van der Waals surface area contributed by atoms with Gasteiger partial charge in [0, 0.05) is 22.8 Å². The lowest BCUT2D eigenvalue weighted by Crippen LogP contribution is -2.33. The minimum atomic E-state index is -3.52. The third kappa shape index (κ3) is 8.91. The van der Waals surface area contributed by atoms with E-state index in [9.17, 15) is 13.2 Å². The van der Waals surface area contributed by atoms with Crippen molar-refractivity contribution in [3.05, 3.63) is 84.4 Å². The number of sulfonamides is 1. The first-order valence-corrected chi connectivity index (χ1v) is 14.8. The number of para-hydroxylation sites is 1. The Bertz CT molecular complexity index is 1200. The SMILES string of the molecule is CCCc1ccc(OCCNC(=O)CCCN(c2ccccc2Sc2ccccc2)S(C)(=O)=O)cc1. The van der Waals surface area contributed by atoms with Crippen LogP contribution in [-0.4, -0.2) is 40.3 Å². The molecule has 3 rings (SSSR count). The van der Waals surface area contributed by atoms with Gasteiger partial charge in [-0.3, -0.25) is 9.10 Å². The Morgan fingerprint density at radius 3 is 2.36 bits per heavy atom. The molecule has 1 N–H and O–H groups in total. The number of ether oxygens (including phenoxy) is 1. The van der Waals surface area contributed by atoms with Crippen LogP contribution in [0.25, 0.3) is 0 Å². The summed E-state index contributed by atoms with van der Waals surface area (Å²) in [7, 11) is -3.52. The maximum atomic E-state index is 12.6. The summed E-state index contributed by atoms with van der Waals surface area (Å²) < 4.78 is 32.3. The summed E-state index contributed by atoms with van der Waals surface area (Å²) in [6.07, 6.45) is 3.98. The van der Waals surface area contributed by atoms with E-state index in [1.54, 1.807) is 6.07 Å². The summed E-state index contributed by atoms with van der Waals surface area (Å²) in [4.78, 5) is 14.2. The van der Waals surface area contributed by atoms with E-state index in [2.05, 4.69) is 24.4 Å². The summed E-state index contributed by atoms with van der Waals surface area (Å²) >= 11 is 1.51. The standard InChI is InChI=1S/C28H34N2O4S2/c1-3-10-23-16-18-24(19-17-23)34-22-20-29-28(31)15-9-21-30(36(2,32)33)26-13-7-8-14-27(26)35-25-11-5-4-6-12-25/h4-8,11-14,16-19H,3,9-10,15,20-22H2,1-2H3,(H,29,31). The summed E-state index contributed by atoms with van der Waals surface area (Å²) in [6, 6.07) is 25.3. The first kappa shape index (κ1) is 27.6. The molecule has 1 amide bonds. The molecular formula is C28H34N2O4S2. The van der Waals surface area contributed by atoms with Gasteiger partial charge in [0.05, 0.1) is 18.5 Å². The summed E-state index contributed by atoms with van der Waals surface area (Å²) in [6.45, 7) is 3.13. The van der Waals surface area contributed by atoms with Crippen molar-refractivity contribution in [1.29, 1.82) is 0 Å². The van der Waals surface area contributed by atoms with Crippen molar-refractivity contribution in [3.8, 4) is 5.75 Å². The zero-order chi connectivity index (χ0) is 25.8. The smallest absolute Gasteiger partial charge is 0.232 e. The quantitative estimate of drug-likeness (QED) is 0.280. The van der Waals surface area contributed by atoms with Crippen molar-refractivity contribution >= 4 is 33.4 Å². The average molecular weight is 527 g/mol. The van der Waals surface area contributed by atoms with E-state index in [0.29, 0.717) is 25.3 Å². The number of hydrogen-bond donors (Lipinski definition) is 1. The maximum absolute atomic E-state index is 12.6. The second kappa shape index (κ2) is 13.9. The van der Waals surface area contributed by atoms with Crippen molar-refractivity contribution in [3.63, 3.8) is 0 Å². The van der Waals surface area contributed by atoms with Crippen molar-refractivity contribution in [2.45, 2.75) is 42.4 Å². The van der Waals surface area contributed by atoms with Crippen LogP contribution in [0.3, 0.4) is 0 Å². The van der Waals surface area contributed by atoms with Gasteiger partial charge in [-0.15, -0.1) is 0 Å². The molecule has 0 saturated heterocycles. The second-order valence-electron chi connectivity index (χ2n) is 8.41.